The minimum Gasteiger partial charge on any atom is -0.313 e. The van der Waals surface area contributed by atoms with E-state index in [1.54, 1.807) is 0 Å². The van der Waals surface area contributed by atoms with Gasteiger partial charge in [-0.15, -0.1) is 0 Å². The molecule has 0 N–H and O–H groups in total. The quantitative estimate of drug-likeness (QED) is 0.163. The Labute approximate surface area is 401 Å². The smallest absolute Gasteiger partial charge is 0.0726 e. The van der Waals surface area contributed by atoms with E-state index in [0.717, 1.165) is 18.5 Å². The molecule has 0 bridgehead atoms. The molecule has 0 saturated heterocycles. The van der Waals surface area contributed by atoms with E-state index in [9.17, 15) is 0 Å². The van der Waals surface area contributed by atoms with Gasteiger partial charge in [-0.2, -0.15) is 0 Å². The molecule has 0 amide bonds. The van der Waals surface area contributed by atoms with Crippen molar-refractivity contribution < 1.29 is 0 Å². The summed E-state index contributed by atoms with van der Waals surface area (Å²) in [5.41, 5.74) is 26.4. The average Bonchev–Trinajstić information content (AvgIpc) is 4.13. The summed E-state index contributed by atoms with van der Waals surface area (Å²) in [5.74, 6) is 0. The lowest BCUT2D eigenvalue weighted by Gasteiger charge is -2.30. The number of hydrogen-bond donors (Lipinski definition) is 0. The highest BCUT2D eigenvalue weighted by molar-refractivity contribution is 6.18. The van der Waals surface area contributed by atoms with Crippen molar-refractivity contribution in [3.05, 3.63) is 270 Å². The Kier molecular flexibility index (Phi) is 8.15. The zero-order chi connectivity index (χ0) is 45.2. The molecule has 2 heterocycles. The zero-order valence-electron chi connectivity index (χ0n) is 37.9. The lowest BCUT2D eigenvalue weighted by atomic mass is 9.70. The molecule has 0 fully saturated rings. The third-order valence-electron chi connectivity index (χ3n) is 15.6. The van der Waals surface area contributed by atoms with Crippen molar-refractivity contribution in [3.63, 3.8) is 0 Å². The summed E-state index contributed by atoms with van der Waals surface area (Å²) in [4.78, 5) is 0. The van der Waals surface area contributed by atoms with E-state index in [1.165, 1.54) is 128 Å². The van der Waals surface area contributed by atoms with Gasteiger partial charge in [0.05, 0.1) is 22.0 Å². The van der Waals surface area contributed by atoms with Crippen LogP contribution in [0.4, 0.5) is 0 Å². The molecule has 0 unspecified atom stereocenters. The van der Waals surface area contributed by atoms with Crippen LogP contribution in [0.2, 0.25) is 0 Å². The first-order valence-electron chi connectivity index (χ1n) is 24.3. The third kappa shape index (κ3) is 5.37. The van der Waals surface area contributed by atoms with Gasteiger partial charge < -0.3 is 9.13 Å². The van der Waals surface area contributed by atoms with Crippen LogP contribution in [0, 0.1) is 0 Å². The van der Waals surface area contributed by atoms with Crippen molar-refractivity contribution >= 4 is 38.8 Å². The van der Waals surface area contributed by atoms with Gasteiger partial charge in [-0.1, -0.05) is 182 Å². The van der Waals surface area contributed by atoms with Crippen molar-refractivity contribution in [3.8, 4) is 67.0 Å². The number of allylic oxidation sites excluding steroid dienone is 1. The maximum Gasteiger partial charge on any atom is 0.0726 e. The summed E-state index contributed by atoms with van der Waals surface area (Å²) >= 11 is 0. The average molecular weight is 877 g/mol. The molecule has 15 rings (SSSR count). The molecule has 2 heteroatoms. The third-order valence-corrected chi connectivity index (χ3v) is 15.6. The predicted molar refractivity (Wildman–Crippen MR) is 288 cm³/mol. The van der Waals surface area contributed by atoms with Crippen LogP contribution in [-0.2, 0) is 11.8 Å². The van der Waals surface area contributed by atoms with E-state index in [1.807, 2.05) is 0 Å². The molecule has 3 aliphatic rings. The maximum atomic E-state index is 2.58. The summed E-state index contributed by atoms with van der Waals surface area (Å²) in [6.07, 6.45) is 6.75. The van der Waals surface area contributed by atoms with E-state index >= 15 is 0 Å². The van der Waals surface area contributed by atoms with Gasteiger partial charge in [0.1, 0.15) is 0 Å². The standard InChI is InChI=1S/C67H44N2/c1-4-18-43(19-5-1)47-40-55(44-20-6-2-7-21-44)66-57-39-46(33-37-64(57)68(65(66)41-47)48-22-8-3-9-23-48)45-32-36-63-56(38-45)54-27-13-17-31-62(54)69(63)49-34-35-53-52-26-12-16-30-60(52)67(61(53)42-49)58-28-14-10-24-50(58)51-25-11-15-29-59(51)67/h1-16,18-30,32-42H,17,31H2. The molecule has 0 radical (unpaired) electrons. The highest BCUT2D eigenvalue weighted by Gasteiger charge is 2.51. The molecular weight excluding hydrogens is 833 g/mol. The highest BCUT2D eigenvalue weighted by Crippen LogP contribution is 2.63. The SMILES string of the molecule is C1=Cc2c(n(-c3ccc4c(c3)C3(c5ccccc5-c5ccccc53)c3ccccc3-4)c3ccc(-c4ccc5c(c4)c4c(-c6ccccc6)cc(-c6ccccc6)cc4n5-c4ccccc4)cc23)CC1. The van der Waals surface area contributed by atoms with E-state index in [0.29, 0.717) is 0 Å². The summed E-state index contributed by atoms with van der Waals surface area (Å²) < 4.78 is 5.04. The maximum absolute atomic E-state index is 2.58. The number of fused-ring (bicyclic) bond motifs is 16. The van der Waals surface area contributed by atoms with Crippen LogP contribution >= 0.6 is 0 Å². The Hall–Kier alpha value is -8.72. The topological polar surface area (TPSA) is 9.86 Å². The Morgan fingerprint density at radius 2 is 0.884 bits per heavy atom. The van der Waals surface area contributed by atoms with Crippen LogP contribution in [0.3, 0.4) is 0 Å². The van der Waals surface area contributed by atoms with Gasteiger partial charge in [-0.25, -0.2) is 0 Å². The van der Waals surface area contributed by atoms with E-state index in [2.05, 4.69) is 252 Å². The molecule has 1 spiro atoms. The Morgan fingerprint density at radius 1 is 0.333 bits per heavy atom. The summed E-state index contributed by atoms with van der Waals surface area (Å²) in [6, 6.07) is 86.3. The Balaban J connectivity index is 0.935. The number of nitrogens with zero attached hydrogens (tertiary/aromatic N) is 2. The predicted octanol–water partition coefficient (Wildman–Crippen LogP) is 17.0. The van der Waals surface area contributed by atoms with Gasteiger partial charge in [0.2, 0.25) is 0 Å². The molecule has 10 aromatic carbocycles. The van der Waals surface area contributed by atoms with Crippen molar-refractivity contribution in [1.82, 2.24) is 9.13 Å². The van der Waals surface area contributed by atoms with Gasteiger partial charge >= 0.3 is 0 Å². The number of rotatable bonds is 5. The minimum absolute atomic E-state index is 0.392. The fraction of sp³-hybridized carbons (Fsp3) is 0.0448. The fourth-order valence-electron chi connectivity index (χ4n) is 12.7. The van der Waals surface area contributed by atoms with Crippen molar-refractivity contribution in [2.24, 2.45) is 0 Å². The fourth-order valence-corrected chi connectivity index (χ4v) is 12.7. The number of para-hydroxylation sites is 1. The Morgan fingerprint density at radius 3 is 1.54 bits per heavy atom. The lowest BCUT2D eigenvalue weighted by molar-refractivity contribution is 0.791. The molecule has 322 valence electrons. The first kappa shape index (κ1) is 38.4. The first-order chi connectivity index (χ1) is 34.2. The van der Waals surface area contributed by atoms with E-state index in [4.69, 9.17) is 0 Å². The molecule has 69 heavy (non-hydrogen) atoms. The molecule has 0 atom stereocenters. The normalized spacial score (nSPS) is 13.7. The molecule has 2 nitrogen and oxygen atoms in total. The van der Waals surface area contributed by atoms with Crippen molar-refractivity contribution in [1.29, 1.82) is 0 Å². The lowest BCUT2D eigenvalue weighted by Crippen LogP contribution is -2.26. The number of benzene rings is 10. The van der Waals surface area contributed by atoms with Crippen molar-refractivity contribution in [2.75, 3.05) is 0 Å². The van der Waals surface area contributed by atoms with E-state index < -0.39 is 5.41 Å². The molecule has 12 aromatic rings. The second-order valence-corrected chi connectivity index (χ2v) is 19.0. The van der Waals surface area contributed by atoms with Crippen LogP contribution in [0.25, 0.3) is 106 Å². The van der Waals surface area contributed by atoms with Gasteiger partial charge in [-0.3, -0.25) is 0 Å². The monoisotopic (exact) mass is 876 g/mol. The number of hydrogen-bond acceptors (Lipinski definition) is 0. The minimum atomic E-state index is -0.392. The van der Waals surface area contributed by atoms with Crippen LogP contribution in [0.5, 0.6) is 0 Å². The van der Waals surface area contributed by atoms with Gasteiger partial charge in [0.25, 0.3) is 0 Å². The number of aromatic nitrogens is 2. The van der Waals surface area contributed by atoms with Crippen LogP contribution in [-0.4, -0.2) is 9.13 Å². The van der Waals surface area contributed by atoms with Crippen molar-refractivity contribution in [2.45, 2.75) is 18.3 Å². The first-order valence-corrected chi connectivity index (χ1v) is 24.3. The second-order valence-electron chi connectivity index (χ2n) is 19.0. The Bertz CT molecular complexity index is 4050. The summed E-state index contributed by atoms with van der Waals surface area (Å²) in [5, 5.41) is 3.79. The van der Waals surface area contributed by atoms with E-state index in [-0.39, 0.29) is 0 Å². The summed E-state index contributed by atoms with van der Waals surface area (Å²) in [6.45, 7) is 0. The van der Waals surface area contributed by atoms with Gasteiger partial charge in [0, 0.05) is 38.8 Å². The summed E-state index contributed by atoms with van der Waals surface area (Å²) in [7, 11) is 0. The zero-order valence-corrected chi connectivity index (χ0v) is 37.9. The second kappa shape index (κ2) is 14.6. The molecule has 3 aliphatic carbocycles. The van der Waals surface area contributed by atoms with Crippen LogP contribution in [0.1, 0.15) is 39.9 Å². The largest absolute Gasteiger partial charge is 0.313 e. The molecule has 0 saturated carbocycles. The molecule has 2 aromatic heterocycles. The molecule has 0 aliphatic heterocycles. The molecular formula is C67H44N2. The van der Waals surface area contributed by atoms with Gasteiger partial charge in [-0.05, 0) is 151 Å². The van der Waals surface area contributed by atoms with Crippen LogP contribution in [0.15, 0.2) is 237 Å². The van der Waals surface area contributed by atoms with Gasteiger partial charge in [0.15, 0.2) is 0 Å². The highest BCUT2D eigenvalue weighted by atomic mass is 15.0. The van der Waals surface area contributed by atoms with Crippen LogP contribution < -0.4 is 0 Å².